The van der Waals surface area contributed by atoms with E-state index in [1.807, 2.05) is 25.1 Å². The van der Waals surface area contributed by atoms with E-state index in [4.69, 9.17) is 22.1 Å². The van der Waals surface area contributed by atoms with Gasteiger partial charge in [-0.3, -0.25) is 0 Å². The lowest BCUT2D eigenvalue weighted by Gasteiger charge is -2.13. The molecule has 0 radical (unpaired) electrons. The van der Waals surface area contributed by atoms with Gasteiger partial charge in [-0.2, -0.15) is 0 Å². The smallest absolute Gasteiger partial charge is 0.123 e. The van der Waals surface area contributed by atoms with Crippen molar-refractivity contribution in [2.24, 2.45) is 5.73 Å². The minimum atomic E-state index is -0.0746. The Labute approximate surface area is 101 Å². The second-order valence-corrected chi connectivity index (χ2v) is 4.42. The van der Waals surface area contributed by atoms with Crippen LogP contribution in [0.2, 0.25) is 5.02 Å². The third-order valence-electron chi connectivity index (χ3n) is 2.63. The molecule has 1 aliphatic carbocycles. The number of rotatable bonds is 3. The lowest BCUT2D eigenvalue weighted by molar-refractivity contribution is 0.278. The van der Waals surface area contributed by atoms with Gasteiger partial charge in [-0.15, -0.1) is 12.4 Å². The highest BCUT2D eigenvalue weighted by atomic mass is 35.5. The van der Waals surface area contributed by atoms with Crippen LogP contribution >= 0.6 is 24.0 Å². The quantitative estimate of drug-likeness (QED) is 0.892. The first-order chi connectivity index (χ1) is 6.61. The highest BCUT2D eigenvalue weighted by Crippen LogP contribution is 2.33. The molecule has 1 fully saturated rings. The van der Waals surface area contributed by atoms with Gasteiger partial charge in [-0.1, -0.05) is 17.7 Å². The fraction of sp³-hybridized carbons (Fsp3) is 0.455. The zero-order valence-electron chi connectivity index (χ0n) is 8.63. The predicted octanol–water partition coefficient (Wildman–Crippen LogP) is 2.94. The van der Waals surface area contributed by atoms with Crippen molar-refractivity contribution in [3.05, 3.63) is 28.8 Å². The molecule has 0 aliphatic heterocycles. The van der Waals surface area contributed by atoms with Crippen LogP contribution in [0.3, 0.4) is 0 Å². The van der Waals surface area contributed by atoms with E-state index in [0.717, 1.165) is 29.2 Å². The molecule has 2 rings (SSSR count). The summed E-state index contributed by atoms with van der Waals surface area (Å²) in [6, 6.07) is 5.67. The maximum atomic E-state index is 5.97. The van der Waals surface area contributed by atoms with Crippen molar-refractivity contribution in [3.63, 3.8) is 0 Å². The SMILES string of the molecule is Cc1c(Cl)cccc1OCC1(N)CC1.Cl. The van der Waals surface area contributed by atoms with E-state index in [2.05, 4.69) is 0 Å². The summed E-state index contributed by atoms with van der Waals surface area (Å²) in [4.78, 5) is 0. The van der Waals surface area contributed by atoms with Gasteiger partial charge >= 0.3 is 0 Å². The molecule has 0 bridgehead atoms. The normalized spacial score (nSPS) is 16.7. The maximum Gasteiger partial charge on any atom is 0.123 e. The van der Waals surface area contributed by atoms with E-state index < -0.39 is 0 Å². The number of ether oxygens (including phenoxy) is 1. The number of hydrogen-bond donors (Lipinski definition) is 1. The predicted molar refractivity (Wildman–Crippen MR) is 65.1 cm³/mol. The number of benzene rings is 1. The van der Waals surface area contributed by atoms with Gasteiger partial charge in [0.15, 0.2) is 0 Å². The van der Waals surface area contributed by atoms with Crippen molar-refractivity contribution < 1.29 is 4.74 Å². The monoisotopic (exact) mass is 247 g/mol. The summed E-state index contributed by atoms with van der Waals surface area (Å²) < 4.78 is 5.64. The van der Waals surface area contributed by atoms with Crippen LogP contribution in [0.15, 0.2) is 18.2 Å². The van der Waals surface area contributed by atoms with Crippen LogP contribution in [0.4, 0.5) is 0 Å². The van der Waals surface area contributed by atoms with E-state index in [1.54, 1.807) is 0 Å². The maximum absolute atomic E-state index is 5.97. The molecule has 0 atom stereocenters. The lowest BCUT2D eigenvalue weighted by atomic mass is 10.2. The highest BCUT2D eigenvalue weighted by Gasteiger charge is 2.39. The first kappa shape index (κ1) is 12.6. The van der Waals surface area contributed by atoms with Gasteiger partial charge in [-0.05, 0) is 31.9 Å². The van der Waals surface area contributed by atoms with E-state index in [1.165, 1.54) is 0 Å². The molecule has 0 amide bonds. The van der Waals surface area contributed by atoms with Crippen LogP contribution in [0, 0.1) is 6.92 Å². The van der Waals surface area contributed by atoms with E-state index in [-0.39, 0.29) is 17.9 Å². The molecule has 2 N–H and O–H groups in total. The zero-order valence-corrected chi connectivity index (χ0v) is 10.2. The van der Waals surface area contributed by atoms with Crippen molar-refractivity contribution in [1.82, 2.24) is 0 Å². The largest absolute Gasteiger partial charge is 0.491 e. The molecule has 0 spiro atoms. The Morgan fingerprint density at radius 2 is 2.13 bits per heavy atom. The van der Waals surface area contributed by atoms with Crippen LogP contribution in [-0.4, -0.2) is 12.1 Å². The zero-order chi connectivity index (χ0) is 10.2. The van der Waals surface area contributed by atoms with Crippen LogP contribution in [0.5, 0.6) is 5.75 Å². The van der Waals surface area contributed by atoms with Crippen LogP contribution < -0.4 is 10.5 Å². The van der Waals surface area contributed by atoms with E-state index in [9.17, 15) is 0 Å². The molecule has 0 aromatic heterocycles. The van der Waals surface area contributed by atoms with Gasteiger partial charge in [0, 0.05) is 10.6 Å². The van der Waals surface area contributed by atoms with Gasteiger partial charge < -0.3 is 10.5 Å². The van der Waals surface area contributed by atoms with Gasteiger partial charge in [-0.25, -0.2) is 0 Å². The van der Waals surface area contributed by atoms with Crippen LogP contribution in [0.25, 0.3) is 0 Å². The average Bonchev–Trinajstić information content (AvgIpc) is 2.88. The number of hydrogen-bond acceptors (Lipinski definition) is 2. The Kier molecular flexibility index (Phi) is 3.87. The summed E-state index contributed by atoms with van der Waals surface area (Å²) >= 11 is 5.97. The summed E-state index contributed by atoms with van der Waals surface area (Å²) in [5.41, 5.74) is 6.83. The molecule has 1 saturated carbocycles. The molecule has 15 heavy (non-hydrogen) atoms. The Hall–Kier alpha value is -0.440. The molecule has 0 unspecified atom stereocenters. The molecular weight excluding hydrogens is 233 g/mol. The first-order valence-corrected chi connectivity index (χ1v) is 5.15. The fourth-order valence-electron chi connectivity index (χ4n) is 1.27. The summed E-state index contributed by atoms with van der Waals surface area (Å²) in [5, 5.41) is 0.740. The summed E-state index contributed by atoms with van der Waals surface area (Å²) in [6.45, 7) is 2.54. The lowest BCUT2D eigenvalue weighted by Crippen LogP contribution is -2.29. The van der Waals surface area contributed by atoms with E-state index >= 15 is 0 Å². The van der Waals surface area contributed by atoms with Crippen molar-refractivity contribution in [2.45, 2.75) is 25.3 Å². The average molecular weight is 248 g/mol. The van der Waals surface area contributed by atoms with Gasteiger partial charge in [0.2, 0.25) is 0 Å². The number of nitrogens with two attached hydrogens (primary N) is 1. The molecule has 84 valence electrons. The second kappa shape index (κ2) is 4.60. The summed E-state index contributed by atoms with van der Waals surface area (Å²) in [6.07, 6.45) is 2.12. The molecule has 4 heteroatoms. The molecule has 1 aliphatic rings. The van der Waals surface area contributed by atoms with Crippen molar-refractivity contribution >= 4 is 24.0 Å². The topological polar surface area (TPSA) is 35.2 Å². The third kappa shape index (κ3) is 3.00. The van der Waals surface area contributed by atoms with Crippen LogP contribution in [0.1, 0.15) is 18.4 Å². The minimum Gasteiger partial charge on any atom is -0.491 e. The standard InChI is InChI=1S/C11H14ClNO.ClH/c1-8-9(12)3-2-4-10(8)14-7-11(13)5-6-11;/h2-4H,5-7,13H2,1H3;1H. The van der Waals surface area contributed by atoms with Crippen molar-refractivity contribution in [1.29, 1.82) is 0 Å². The highest BCUT2D eigenvalue weighted by molar-refractivity contribution is 6.31. The molecule has 0 heterocycles. The van der Waals surface area contributed by atoms with Crippen molar-refractivity contribution in [3.8, 4) is 5.75 Å². The summed E-state index contributed by atoms with van der Waals surface area (Å²) in [5.74, 6) is 0.842. The van der Waals surface area contributed by atoms with Crippen molar-refractivity contribution in [2.75, 3.05) is 6.61 Å². The van der Waals surface area contributed by atoms with Gasteiger partial charge in [0.1, 0.15) is 12.4 Å². The Bertz CT molecular complexity index is 350. The molecule has 1 aromatic carbocycles. The minimum absolute atomic E-state index is 0. The van der Waals surface area contributed by atoms with Crippen LogP contribution in [-0.2, 0) is 0 Å². The third-order valence-corrected chi connectivity index (χ3v) is 3.03. The molecule has 0 saturated heterocycles. The fourth-order valence-corrected chi connectivity index (χ4v) is 1.44. The second-order valence-electron chi connectivity index (χ2n) is 4.01. The molecule has 1 aromatic rings. The van der Waals surface area contributed by atoms with Gasteiger partial charge in [0.05, 0.1) is 5.54 Å². The molecule has 2 nitrogen and oxygen atoms in total. The Morgan fingerprint density at radius 1 is 1.47 bits per heavy atom. The Balaban J connectivity index is 0.00000112. The van der Waals surface area contributed by atoms with E-state index in [0.29, 0.717) is 6.61 Å². The Morgan fingerprint density at radius 3 is 2.73 bits per heavy atom. The molecular formula is C11H15Cl2NO. The van der Waals surface area contributed by atoms with Gasteiger partial charge in [0.25, 0.3) is 0 Å². The number of halogens is 2. The first-order valence-electron chi connectivity index (χ1n) is 4.78. The summed E-state index contributed by atoms with van der Waals surface area (Å²) in [7, 11) is 0.